The van der Waals surface area contributed by atoms with Crippen LogP contribution < -0.4 is 15.4 Å². The highest BCUT2D eigenvalue weighted by Crippen LogP contribution is 2.21. The lowest BCUT2D eigenvalue weighted by Crippen LogP contribution is -2.30. The normalized spacial score (nSPS) is 10.9. The third-order valence-corrected chi connectivity index (χ3v) is 4.07. The van der Waals surface area contributed by atoms with E-state index >= 15 is 0 Å². The van der Waals surface area contributed by atoms with E-state index in [1.807, 2.05) is 6.07 Å². The topological polar surface area (TPSA) is 87.7 Å². The second-order valence-electron chi connectivity index (χ2n) is 6.12. The number of phenols is 1. The number of rotatable bonds is 6. The molecule has 0 aliphatic rings. The van der Waals surface area contributed by atoms with Gasteiger partial charge in [0.1, 0.15) is 17.2 Å². The molecule has 0 aliphatic carbocycles. The van der Waals surface area contributed by atoms with Crippen molar-refractivity contribution in [2.24, 2.45) is 0 Å². The van der Waals surface area contributed by atoms with Crippen LogP contribution in [0.1, 0.15) is 15.9 Å². The van der Waals surface area contributed by atoms with Crippen molar-refractivity contribution in [1.29, 1.82) is 0 Å². The zero-order chi connectivity index (χ0) is 20.6. The minimum atomic E-state index is -0.536. The van der Waals surface area contributed by atoms with E-state index in [0.717, 1.165) is 0 Å². The summed E-state index contributed by atoms with van der Waals surface area (Å²) in [6.07, 6.45) is 1.54. The molecule has 0 unspecified atom stereocenters. The van der Waals surface area contributed by atoms with E-state index in [-0.39, 0.29) is 11.4 Å². The largest absolute Gasteiger partial charge is 0.508 e. The van der Waals surface area contributed by atoms with Gasteiger partial charge in [-0.2, -0.15) is 0 Å². The molecule has 0 saturated heterocycles. The number of methoxy groups -OCH3 is 1. The molecule has 3 N–H and O–H groups in total. The molecular weight excluding hydrogens is 368 g/mol. The molecule has 6 heteroatoms. The van der Waals surface area contributed by atoms with Crippen LogP contribution in [0, 0.1) is 0 Å². The highest BCUT2D eigenvalue weighted by atomic mass is 16.5. The SMILES string of the molecule is COc1ccccc1C=C(NC(=O)c1ccccc1)C(=O)Nc1cccc(O)c1. The number of ether oxygens (including phenoxy) is 1. The molecule has 6 nitrogen and oxygen atoms in total. The van der Waals surface area contributed by atoms with Crippen LogP contribution in [-0.4, -0.2) is 24.0 Å². The first-order valence-corrected chi connectivity index (χ1v) is 8.88. The van der Waals surface area contributed by atoms with E-state index in [0.29, 0.717) is 22.6 Å². The second-order valence-corrected chi connectivity index (χ2v) is 6.12. The van der Waals surface area contributed by atoms with E-state index in [2.05, 4.69) is 10.6 Å². The van der Waals surface area contributed by atoms with Crippen LogP contribution in [0.2, 0.25) is 0 Å². The molecule has 3 aromatic carbocycles. The van der Waals surface area contributed by atoms with Gasteiger partial charge in [0.15, 0.2) is 0 Å². The Bertz CT molecular complexity index is 1050. The van der Waals surface area contributed by atoms with Crippen LogP contribution in [0.15, 0.2) is 84.6 Å². The number of anilines is 1. The number of benzene rings is 3. The highest BCUT2D eigenvalue weighted by Gasteiger charge is 2.16. The lowest BCUT2D eigenvalue weighted by atomic mass is 10.1. The Kier molecular flexibility index (Phi) is 6.27. The van der Waals surface area contributed by atoms with E-state index < -0.39 is 11.8 Å². The summed E-state index contributed by atoms with van der Waals surface area (Å²) in [7, 11) is 1.53. The first-order chi connectivity index (χ1) is 14.1. The van der Waals surface area contributed by atoms with Crippen molar-refractivity contribution >= 4 is 23.6 Å². The van der Waals surface area contributed by atoms with E-state index in [9.17, 15) is 14.7 Å². The van der Waals surface area contributed by atoms with Gasteiger partial charge in [-0.05, 0) is 36.4 Å². The predicted octanol–water partition coefficient (Wildman–Crippen LogP) is 3.81. The molecule has 2 amide bonds. The molecule has 0 heterocycles. The summed E-state index contributed by atoms with van der Waals surface area (Å²) < 4.78 is 5.33. The molecule has 0 bridgehead atoms. The maximum absolute atomic E-state index is 12.9. The standard InChI is InChI=1S/C23H20N2O4/c1-29-21-13-6-5-10-17(21)14-20(25-22(27)16-8-3-2-4-9-16)23(28)24-18-11-7-12-19(26)15-18/h2-15,26H,1H3,(H,24,28)(H,25,27). The van der Waals surface area contributed by atoms with Crippen LogP contribution >= 0.6 is 0 Å². The maximum Gasteiger partial charge on any atom is 0.272 e. The Labute approximate surface area is 168 Å². The summed E-state index contributed by atoms with van der Waals surface area (Å²) in [5, 5.41) is 14.9. The molecule has 0 saturated carbocycles. The van der Waals surface area contributed by atoms with Crippen molar-refractivity contribution in [1.82, 2.24) is 5.32 Å². The first kappa shape index (κ1) is 19.7. The van der Waals surface area contributed by atoms with Gasteiger partial charge in [0.05, 0.1) is 7.11 Å². The molecule has 0 radical (unpaired) electrons. The summed E-state index contributed by atoms with van der Waals surface area (Å²) in [5.74, 6) is -0.376. The van der Waals surface area contributed by atoms with Crippen LogP contribution in [0.5, 0.6) is 11.5 Å². The second kappa shape index (κ2) is 9.23. The van der Waals surface area contributed by atoms with Gasteiger partial charge >= 0.3 is 0 Å². The van der Waals surface area contributed by atoms with Gasteiger partial charge in [0, 0.05) is 22.9 Å². The Morgan fingerprint density at radius 1 is 0.931 bits per heavy atom. The fourth-order valence-electron chi connectivity index (χ4n) is 2.67. The van der Waals surface area contributed by atoms with Gasteiger partial charge in [0.2, 0.25) is 0 Å². The van der Waals surface area contributed by atoms with E-state index in [1.54, 1.807) is 60.7 Å². The Balaban J connectivity index is 1.93. The highest BCUT2D eigenvalue weighted by molar-refractivity contribution is 6.10. The van der Waals surface area contributed by atoms with Crippen LogP contribution in [0.25, 0.3) is 6.08 Å². The minimum absolute atomic E-state index is 0.0198. The number of carbonyl (C=O) groups excluding carboxylic acids is 2. The van der Waals surface area contributed by atoms with Crippen molar-refractivity contribution in [3.8, 4) is 11.5 Å². The fraction of sp³-hybridized carbons (Fsp3) is 0.0435. The van der Waals surface area contributed by atoms with Crippen molar-refractivity contribution in [3.63, 3.8) is 0 Å². The van der Waals surface area contributed by atoms with Crippen LogP contribution in [0.4, 0.5) is 5.69 Å². The molecule has 0 spiro atoms. The Hall–Kier alpha value is -4.06. The number of aromatic hydroxyl groups is 1. The number of nitrogens with one attached hydrogen (secondary N) is 2. The molecular formula is C23H20N2O4. The molecule has 0 fully saturated rings. The molecule has 0 aliphatic heterocycles. The zero-order valence-electron chi connectivity index (χ0n) is 15.8. The lowest BCUT2D eigenvalue weighted by Gasteiger charge is -2.12. The van der Waals surface area contributed by atoms with E-state index in [1.165, 1.54) is 25.3 Å². The Morgan fingerprint density at radius 2 is 1.66 bits per heavy atom. The minimum Gasteiger partial charge on any atom is -0.508 e. The summed E-state index contributed by atoms with van der Waals surface area (Å²) in [6, 6.07) is 21.9. The quantitative estimate of drug-likeness (QED) is 0.561. The molecule has 3 aromatic rings. The molecule has 29 heavy (non-hydrogen) atoms. The summed E-state index contributed by atoms with van der Waals surface area (Å²) in [5.41, 5.74) is 1.48. The van der Waals surface area contributed by atoms with Gasteiger partial charge in [0.25, 0.3) is 11.8 Å². The lowest BCUT2D eigenvalue weighted by molar-refractivity contribution is -0.113. The molecule has 3 rings (SSSR count). The number of amides is 2. The number of hydrogen-bond donors (Lipinski definition) is 3. The van der Waals surface area contributed by atoms with Gasteiger partial charge in [-0.1, -0.05) is 42.5 Å². The van der Waals surface area contributed by atoms with Crippen LogP contribution in [0.3, 0.4) is 0 Å². The average Bonchev–Trinajstić information content (AvgIpc) is 2.74. The van der Waals surface area contributed by atoms with Gasteiger partial charge in [-0.3, -0.25) is 9.59 Å². The number of phenolic OH excluding ortho intramolecular Hbond substituents is 1. The number of para-hydroxylation sites is 1. The van der Waals surface area contributed by atoms with E-state index in [4.69, 9.17) is 4.74 Å². The Morgan fingerprint density at radius 3 is 2.38 bits per heavy atom. The summed E-state index contributed by atoms with van der Waals surface area (Å²) in [6.45, 7) is 0. The monoisotopic (exact) mass is 388 g/mol. The average molecular weight is 388 g/mol. The molecule has 0 aromatic heterocycles. The third kappa shape index (κ3) is 5.23. The van der Waals surface area contributed by atoms with Crippen molar-refractivity contribution in [3.05, 3.63) is 95.7 Å². The zero-order valence-corrected chi connectivity index (χ0v) is 15.8. The van der Waals surface area contributed by atoms with Crippen molar-refractivity contribution in [2.45, 2.75) is 0 Å². The first-order valence-electron chi connectivity index (χ1n) is 8.88. The smallest absolute Gasteiger partial charge is 0.272 e. The summed E-state index contributed by atoms with van der Waals surface area (Å²) in [4.78, 5) is 25.5. The number of hydrogen-bond acceptors (Lipinski definition) is 4. The maximum atomic E-state index is 12.9. The third-order valence-electron chi connectivity index (χ3n) is 4.07. The van der Waals surface area contributed by atoms with Crippen molar-refractivity contribution in [2.75, 3.05) is 12.4 Å². The number of carbonyl (C=O) groups is 2. The van der Waals surface area contributed by atoms with Gasteiger partial charge in [-0.25, -0.2) is 0 Å². The fourth-order valence-corrected chi connectivity index (χ4v) is 2.67. The molecule has 0 atom stereocenters. The molecule has 146 valence electrons. The summed E-state index contributed by atoms with van der Waals surface area (Å²) >= 11 is 0. The van der Waals surface area contributed by atoms with Gasteiger partial charge in [-0.15, -0.1) is 0 Å². The van der Waals surface area contributed by atoms with Crippen molar-refractivity contribution < 1.29 is 19.4 Å². The predicted molar refractivity (Wildman–Crippen MR) is 112 cm³/mol. The van der Waals surface area contributed by atoms with Gasteiger partial charge < -0.3 is 20.5 Å². The van der Waals surface area contributed by atoms with Crippen LogP contribution in [-0.2, 0) is 4.79 Å².